The first-order valence-electron chi connectivity index (χ1n) is 4.63. The van der Waals surface area contributed by atoms with Crippen LogP contribution in [0.5, 0.6) is 0 Å². The average Bonchev–Trinajstić information content (AvgIpc) is 2.69. The Bertz CT molecular complexity index is 511. The number of aromatic nitrogens is 1. The summed E-state index contributed by atoms with van der Waals surface area (Å²) in [4.78, 5) is 10.9. The molecule has 0 amide bonds. The van der Waals surface area contributed by atoms with Gasteiger partial charge in [0.1, 0.15) is 0 Å². The first kappa shape index (κ1) is 9.52. The zero-order valence-corrected chi connectivity index (χ0v) is 8.38. The second-order valence-corrected chi connectivity index (χ2v) is 3.12. The molecule has 1 heterocycles. The molecule has 0 N–H and O–H groups in total. The standard InChI is InChI=1S/C12H11NO2/c1-15-12(14)7-9-13-8-6-10-4-2-3-5-11(10)13/h2-9H,1H3/b9-7-. The number of ether oxygens (including phenoxy) is 1. The van der Waals surface area contributed by atoms with Crippen LogP contribution in [0.15, 0.2) is 42.6 Å². The summed E-state index contributed by atoms with van der Waals surface area (Å²) < 4.78 is 6.40. The van der Waals surface area contributed by atoms with Crippen LogP contribution in [0.2, 0.25) is 0 Å². The fourth-order valence-electron chi connectivity index (χ4n) is 1.44. The number of fused-ring (bicyclic) bond motifs is 1. The number of nitrogens with zero attached hydrogens (tertiary/aromatic N) is 1. The summed E-state index contributed by atoms with van der Waals surface area (Å²) in [6.07, 6.45) is 4.99. The van der Waals surface area contributed by atoms with E-state index in [1.54, 1.807) is 6.20 Å². The summed E-state index contributed by atoms with van der Waals surface area (Å²) in [6, 6.07) is 9.97. The molecule has 3 heteroatoms. The highest BCUT2D eigenvalue weighted by Crippen LogP contribution is 2.14. The zero-order chi connectivity index (χ0) is 10.7. The Morgan fingerprint density at radius 1 is 1.33 bits per heavy atom. The van der Waals surface area contributed by atoms with Gasteiger partial charge in [0.2, 0.25) is 0 Å². The molecule has 0 saturated heterocycles. The van der Waals surface area contributed by atoms with Gasteiger partial charge in [-0.05, 0) is 17.5 Å². The van der Waals surface area contributed by atoms with Crippen LogP contribution in [-0.2, 0) is 9.53 Å². The van der Waals surface area contributed by atoms with Gasteiger partial charge in [-0.25, -0.2) is 4.79 Å². The second-order valence-electron chi connectivity index (χ2n) is 3.12. The fourth-order valence-corrected chi connectivity index (χ4v) is 1.44. The van der Waals surface area contributed by atoms with Gasteiger partial charge in [0.05, 0.1) is 12.6 Å². The Labute approximate surface area is 87.6 Å². The van der Waals surface area contributed by atoms with Crippen molar-refractivity contribution in [2.45, 2.75) is 0 Å². The van der Waals surface area contributed by atoms with Gasteiger partial charge in [-0.3, -0.25) is 0 Å². The summed E-state index contributed by atoms with van der Waals surface area (Å²) in [6.45, 7) is 0. The third-order valence-corrected chi connectivity index (χ3v) is 2.20. The van der Waals surface area contributed by atoms with Crippen LogP contribution in [0.1, 0.15) is 0 Å². The maximum absolute atomic E-state index is 10.9. The molecule has 2 aromatic rings. The molecule has 0 aliphatic heterocycles. The van der Waals surface area contributed by atoms with Crippen molar-refractivity contribution in [3.05, 3.63) is 42.6 Å². The maximum Gasteiger partial charge on any atom is 0.331 e. The van der Waals surface area contributed by atoms with Crippen LogP contribution in [0, 0.1) is 0 Å². The smallest absolute Gasteiger partial charge is 0.331 e. The van der Waals surface area contributed by atoms with Gasteiger partial charge in [-0.2, -0.15) is 0 Å². The normalized spacial score (nSPS) is 11.0. The van der Waals surface area contributed by atoms with E-state index >= 15 is 0 Å². The molecular weight excluding hydrogens is 190 g/mol. The van der Waals surface area contributed by atoms with Gasteiger partial charge >= 0.3 is 5.97 Å². The maximum atomic E-state index is 10.9. The van der Waals surface area contributed by atoms with Crippen LogP contribution >= 0.6 is 0 Å². The van der Waals surface area contributed by atoms with Gasteiger partial charge in [0, 0.05) is 18.5 Å². The number of hydrogen-bond acceptors (Lipinski definition) is 2. The summed E-state index contributed by atoms with van der Waals surface area (Å²) in [7, 11) is 1.36. The van der Waals surface area contributed by atoms with E-state index in [0.717, 1.165) is 10.9 Å². The summed E-state index contributed by atoms with van der Waals surface area (Å²) in [5.74, 6) is -0.354. The molecular formula is C12H11NO2. The summed E-state index contributed by atoms with van der Waals surface area (Å²) in [5, 5.41) is 1.15. The number of hydrogen-bond donors (Lipinski definition) is 0. The van der Waals surface area contributed by atoms with Crippen LogP contribution in [-0.4, -0.2) is 17.6 Å². The van der Waals surface area contributed by atoms with Gasteiger partial charge in [-0.1, -0.05) is 18.2 Å². The number of methoxy groups -OCH3 is 1. The highest BCUT2D eigenvalue weighted by molar-refractivity contribution is 5.87. The molecule has 0 atom stereocenters. The van der Waals surface area contributed by atoms with E-state index in [4.69, 9.17) is 0 Å². The predicted octanol–water partition coefficient (Wildman–Crippen LogP) is 2.29. The highest BCUT2D eigenvalue weighted by Gasteiger charge is 1.97. The highest BCUT2D eigenvalue weighted by atomic mass is 16.5. The molecule has 0 aliphatic rings. The van der Waals surface area contributed by atoms with Crippen molar-refractivity contribution in [1.29, 1.82) is 0 Å². The fraction of sp³-hybridized carbons (Fsp3) is 0.0833. The SMILES string of the molecule is COC(=O)/C=C\n1ccc2ccccc21. The Morgan fingerprint density at radius 2 is 2.13 bits per heavy atom. The number of carbonyl (C=O) groups excluding carboxylic acids is 1. The Balaban J connectivity index is 2.36. The quantitative estimate of drug-likeness (QED) is 0.551. The van der Waals surface area contributed by atoms with Crippen LogP contribution in [0.25, 0.3) is 17.1 Å². The molecule has 1 aromatic heterocycles. The monoisotopic (exact) mass is 201 g/mol. The predicted molar refractivity (Wildman–Crippen MR) is 59.3 cm³/mol. The van der Waals surface area contributed by atoms with Gasteiger partial charge < -0.3 is 9.30 Å². The largest absolute Gasteiger partial charge is 0.466 e. The molecule has 15 heavy (non-hydrogen) atoms. The van der Waals surface area contributed by atoms with Crippen LogP contribution in [0.4, 0.5) is 0 Å². The van der Waals surface area contributed by atoms with Gasteiger partial charge in [-0.15, -0.1) is 0 Å². The van der Waals surface area contributed by atoms with E-state index in [1.165, 1.54) is 13.2 Å². The van der Waals surface area contributed by atoms with E-state index in [1.807, 2.05) is 41.1 Å². The molecule has 0 radical (unpaired) electrons. The van der Waals surface area contributed by atoms with Gasteiger partial charge in [0.25, 0.3) is 0 Å². The first-order chi connectivity index (χ1) is 7.31. The lowest BCUT2D eigenvalue weighted by Gasteiger charge is -1.96. The summed E-state index contributed by atoms with van der Waals surface area (Å²) in [5.41, 5.74) is 1.07. The second kappa shape index (κ2) is 4.00. The van der Waals surface area contributed by atoms with E-state index in [9.17, 15) is 4.79 Å². The van der Waals surface area contributed by atoms with Crippen LogP contribution < -0.4 is 0 Å². The van der Waals surface area contributed by atoms with Crippen molar-refractivity contribution in [3.63, 3.8) is 0 Å². The minimum Gasteiger partial charge on any atom is -0.466 e. The lowest BCUT2D eigenvalue weighted by atomic mass is 10.2. The molecule has 2 rings (SSSR count). The number of rotatable bonds is 2. The van der Waals surface area contributed by atoms with Crippen molar-refractivity contribution in [3.8, 4) is 0 Å². The van der Waals surface area contributed by atoms with E-state index in [2.05, 4.69) is 4.74 Å². The minimum absolute atomic E-state index is 0.354. The molecule has 0 aliphatic carbocycles. The topological polar surface area (TPSA) is 31.2 Å². The van der Waals surface area contributed by atoms with E-state index in [0.29, 0.717) is 0 Å². The lowest BCUT2D eigenvalue weighted by Crippen LogP contribution is -1.94. The molecule has 3 nitrogen and oxygen atoms in total. The van der Waals surface area contributed by atoms with E-state index < -0.39 is 0 Å². The molecule has 1 aromatic carbocycles. The van der Waals surface area contributed by atoms with Crippen molar-refractivity contribution < 1.29 is 9.53 Å². The molecule has 0 bridgehead atoms. The van der Waals surface area contributed by atoms with Crippen LogP contribution in [0.3, 0.4) is 0 Å². The Kier molecular flexibility index (Phi) is 2.54. The molecule has 0 unspecified atom stereocenters. The van der Waals surface area contributed by atoms with Crippen molar-refractivity contribution in [2.75, 3.05) is 7.11 Å². The number of carbonyl (C=O) groups is 1. The van der Waals surface area contributed by atoms with Gasteiger partial charge in [0.15, 0.2) is 0 Å². The molecule has 0 saturated carbocycles. The minimum atomic E-state index is -0.354. The average molecular weight is 201 g/mol. The number of para-hydroxylation sites is 1. The van der Waals surface area contributed by atoms with Crippen molar-refractivity contribution in [2.24, 2.45) is 0 Å². The Hall–Kier alpha value is -2.03. The third-order valence-electron chi connectivity index (χ3n) is 2.20. The lowest BCUT2D eigenvalue weighted by molar-refractivity contribution is -0.134. The Morgan fingerprint density at radius 3 is 2.93 bits per heavy atom. The molecule has 0 spiro atoms. The molecule has 0 fully saturated rings. The van der Waals surface area contributed by atoms with E-state index in [-0.39, 0.29) is 5.97 Å². The van der Waals surface area contributed by atoms with Crippen molar-refractivity contribution >= 4 is 23.1 Å². The first-order valence-corrected chi connectivity index (χ1v) is 4.63. The number of benzene rings is 1. The zero-order valence-electron chi connectivity index (χ0n) is 8.38. The summed E-state index contributed by atoms with van der Waals surface area (Å²) >= 11 is 0. The van der Waals surface area contributed by atoms with Crippen molar-refractivity contribution in [1.82, 2.24) is 4.57 Å². The third kappa shape index (κ3) is 1.91. The molecule has 76 valence electrons. The number of esters is 1.